The molecule has 0 aliphatic heterocycles. The van der Waals surface area contributed by atoms with Crippen LogP contribution >= 0.6 is 0 Å². The van der Waals surface area contributed by atoms with Crippen molar-refractivity contribution in [3.8, 4) is 0 Å². The van der Waals surface area contributed by atoms with Crippen LogP contribution in [0.5, 0.6) is 0 Å². The topological polar surface area (TPSA) is 58.0 Å². The quantitative estimate of drug-likeness (QED) is 0.808. The largest absolute Gasteiger partial charge is 0.387 e. The van der Waals surface area contributed by atoms with Crippen molar-refractivity contribution >= 4 is 5.95 Å². The van der Waals surface area contributed by atoms with Crippen LogP contribution in [0.3, 0.4) is 0 Å². The first-order chi connectivity index (χ1) is 7.86. The number of aliphatic hydroxyl groups is 1. The van der Waals surface area contributed by atoms with Gasteiger partial charge >= 0.3 is 0 Å². The van der Waals surface area contributed by atoms with Crippen LogP contribution in [-0.4, -0.2) is 21.6 Å². The number of aromatic nitrogens is 2. The SMILES string of the molecule is OC(CNc1n[c]ccn1)c1ccccc1. The molecule has 0 spiro atoms. The second-order valence-electron chi connectivity index (χ2n) is 3.32. The Morgan fingerprint density at radius 2 is 2.12 bits per heavy atom. The number of benzene rings is 1. The summed E-state index contributed by atoms with van der Waals surface area (Å²) >= 11 is 0. The molecule has 1 unspecified atom stereocenters. The van der Waals surface area contributed by atoms with E-state index < -0.39 is 6.10 Å². The maximum absolute atomic E-state index is 9.85. The van der Waals surface area contributed by atoms with Crippen LogP contribution in [0.15, 0.2) is 42.6 Å². The lowest BCUT2D eigenvalue weighted by Gasteiger charge is -2.11. The molecular weight excluding hydrogens is 202 g/mol. The smallest absolute Gasteiger partial charge is 0.223 e. The van der Waals surface area contributed by atoms with Gasteiger partial charge in [-0.15, -0.1) is 0 Å². The Labute approximate surface area is 94.0 Å². The summed E-state index contributed by atoms with van der Waals surface area (Å²) < 4.78 is 0. The molecule has 2 aromatic rings. The molecular formula is C12H12N3O. The molecule has 2 rings (SSSR count). The van der Waals surface area contributed by atoms with Crippen molar-refractivity contribution in [2.45, 2.75) is 6.10 Å². The lowest BCUT2D eigenvalue weighted by molar-refractivity contribution is 0.191. The van der Waals surface area contributed by atoms with E-state index in [4.69, 9.17) is 0 Å². The van der Waals surface area contributed by atoms with Crippen molar-refractivity contribution in [3.05, 3.63) is 54.4 Å². The van der Waals surface area contributed by atoms with Gasteiger partial charge in [-0.2, -0.15) is 0 Å². The maximum atomic E-state index is 9.85. The first kappa shape index (κ1) is 10.6. The lowest BCUT2D eigenvalue weighted by Crippen LogP contribution is -2.13. The van der Waals surface area contributed by atoms with Crippen molar-refractivity contribution in [2.24, 2.45) is 0 Å². The summed E-state index contributed by atoms with van der Waals surface area (Å²) in [7, 11) is 0. The van der Waals surface area contributed by atoms with Crippen LogP contribution in [0.4, 0.5) is 5.95 Å². The van der Waals surface area contributed by atoms with Gasteiger partial charge in [0.2, 0.25) is 5.95 Å². The number of anilines is 1. The zero-order chi connectivity index (χ0) is 11.2. The lowest BCUT2D eigenvalue weighted by atomic mass is 10.1. The average molecular weight is 214 g/mol. The standard InChI is InChI=1S/C12H12N3O/c16-11(10-5-2-1-3-6-10)9-15-12-13-7-4-8-14-12/h1-7,11,16H,9H2,(H,13,14,15). The molecule has 0 saturated heterocycles. The predicted molar refractivity (Wildman–Crippen MR) is 60.8 cm³/mol. The molecule has 1 heterocycles. The van der Waals surface area contributed by atoms with Crippen LogP contribution in [0.1, 0.15) is 11.7 Å². The third-order valence-electron chi connectivity index (χ3n) is 2.15. The van der Waals surface area contributed by atoms with E-state index in [-0.39, 0.29) is 0 Å². The Kier molecular flexibility index (Phi) is 3.46. The zero-order valence-corrected chi connectivity index (χ0v) is 8.67. The first-order valence-electron chi connectivity index (χ1n) is 5.02. The zero-order valence-electron chi connectivity index (χ0n) is 8.67. The monoisotopic (exact) mass is 214 g/mol. The van der Waals surface area contributed by atoms with Crippen molar-refractivity contribution in [1.29, 1.82) is 0 Å². The van der Waals surface area contributed by atoms with E-state index in [1.165, 1.54) is 0 Å². The second kappa shape index (κ2) is 5.23. The fraction of sp³-hybridized carbons (Fsp3) is 0.167. The molecule has 1 radical (unpaired) electrons. The summed E-state index contributed by atoms with van der Waals surface area (Å²) in [4.78, 5) is 7.87. The maximum Gasteiger partial charge on any atom is 0.223 e. The fourth-order valence-corrected chi connectivity index (χ4v) is 1.33. The molecule has 0 amide bonds. The third-order valence-corrected chi connectivity index (χ3v) is 2.15. The first-order valence-corrected chi connectivity index (χ1v) is 5.02. The predicted octanol–water partition coefficient (Wildman–Crippen LogP) is 1.42. The molecule has 4 heteroatoms. The number of hydrogen-bond acceptors (Lipinski definition) is 4. The van der Waals surface area contributed by atoms with Crippen LogP contribution < -0.4 is 5.32 Å². The average Bonchev–Trinajstić information content (AvgIpc) is 2.38. The Morgan fingerprint density at radius 3 is 2.81 bits per heavy atom. The number of aliphatic hydroxyl groups excluding tert-OH is 1. The van der Waals surface area contributed by atoms with Crippen LogP contribution in [0, 0.1) is 6.20 Å². The fourth-order valence-electron chi connectivity index (χ4n) is 1.33. The number of nitrogens with zero attached hydrogens (tertiary/aromatic N) is 2. The van der Waals surface area contributed by atoms with Gasteiger partial charge in [0.15, 0.2) is 0 Å². The van der Waals surface area contributed by atoms with E-state index in [9.17, 15) is 5.11 Å². The van der Waals surface area contributed by atoms with E-state index in [1.54, 1.807) is 12.3 Å². The Hall–Kier alpha value is -1.94. The molecule has 1 aromatic heterocycles. The van der Waals surface area contributed by atoms with Crippen LogP contribution in [0.2, 0.25) is 0 Å². The van der Waals surface area contributed by atoms with Crippen molar-refractivity contribution in [3.63, 3.8) is 0 Å². The van der Waals surface area contributed by atoms with Gasteiger partial charge in [0, 0.05) is 12.7 Å². The summed E-state index contributed by atoms with van der Waals surface area (Å²) in [6, 6.07) is 11.1. The van der Waals surface area contributed by atoms with Gasteiger partial charge in [0.25, 0.3) is 0 Å². The summed E-state index contributed by atoms with van der Waals surface area (Å²) in [5.74, 6) is 0.470. The summed E-state index contributed by atoms with van der Waals surface area (Å²) in [6.07, 6.45) is 3.70. The van der Waals surface area contributed by atoms with Gasteiger partial charge in [0.1, 0.15) is 0 Å². The summed E-state index contributed by atoms with van der Waals surface area (Å²) in [5.41, 5.74) is 0.870. The van der Waals surface area contributed by atoms with E-state index in [0.717, 1.165) is 5.56 Å². The minimum atomic E-state index is -0.565. The van der Waals surface area contributed by atoms with Crippen molar-refractivity contribution in [1.82, 2.24) is 9.97 Å². The highest BCUT2D eigenvalue weighted by molar-refractivity contribution is 5.25. The normalized spacial score (nSPS) is 12.1. The van der Waals surface area contributed by atoms with E-state index in [2.05, 4.69) is 21.5 Å². The third kappa shape index (κ3) is 2.77. The molecule has 81 valence electrons. The highest BCUT2D eigenvalue weighted by Gasteiger charge is 2.06. The molecule has 0 aliphatic rings. The summed E-state index contributed by atoms with van der Waals surface area (Å²) in [5, 5.41) is 12.8. The molecule has 1 aromatic carbocycles. The van der Waals surface area contributed by atoms with Gasteiger partial charge in [-0.3, -0.25) is 0 Å². The van der Waals surface area contributed by atoms with Crippen LogP contribution in [-0.2, 0) is 0 Å². The molecule has 2 N–H and O–H groups in total. The molecule has 0 bridgehead atoms. The van der Waals surface area contributed by atoms with Gasteiger partial charge < -0.3 is 10.4 Å². The van der Waals surface area contributed by atoms with Gasteiger partial charge in [-0.05, 0) is 11.6 Å². The second-order valence-corrected chi connectivity index (χ2v) is 3.32. The van der Waals surface area contributed by atoms with Crippen molar-refractivity contribution < 1.29 is 5.11 Å². The highest BCUT2D eigenvalue weighted by atomic mass is 16.3. The molecule has 16 heavy (non-hydrogen) atoms. The summed E-state index contributed by atoms with van der Waals surface area (Å²) in [6.45, 7) is 0.377. The Morgan fingerprint density at radius 1 is 1.31 bits per heavy atom. The molecule has 0 aliphatic carbocycles. The molecule has 0 fully saturated rings. The van der Waals surface area contributed by atoms with E-state index >= 15 is 0 Å². The number of hydrogen-bond donors (Lipinski definition) is 2. The Balaban J connectivity index is 1.92. The van der Waals surface area contributed by atoms with E-state index in [1.807, 2.05) is 30.3 Å². The van der Waals surface area contributed by atoms with Crippen LogP contribution in [0.25, 0.3) is 0 Å². The number of nitrogens with one attached hydrogen (secondary N) is 1. The minimum Gasteiger partial charge on any atom is -0.387 e. The minimum absolute atomic E-state index is 0.377. The van der Waals surface area contributed by atoms with Gasteiger partial charge in [-0.1, -0.05) is 30.3 Å². The van der Waals surface area contributed by atoms with Gasteiger partial charge in [-0.25, -0.2) is 9.97 Å². The van der Waals surface area contributed by atoms with Crippen molar-refractivity contribution in [2.75, 3.05) is 11.9 Å². The molecule has 1 atom stereocenters. The van der Waals surface area contributed by atoms with E-state index in [0.29, 0.717) is 12.5 Å². The molecule has 4 nitrogen and oxygen atoms in total. The van der Waals surface area contributed by atoms with Gasteiger partial charge in [0.05, 0.1) is 12.3 Å². The highest BCUT2D eigenvalue weighted by Crippen LogP contribution is 2.11. The Bertz CT molecular complexity index is 419. The molecule has 0 saturated carbocycles. The number of rotatable bonds is 4.